The molecule has 0 aromatic heterocycles. The maximum atomic E-state index is 9.91. The van der Waals surface area contributed by atoms with E-state index < -0.39 is 56.8 Å². The van der Waals surface area contributed by atoms with Gasteiger partial charge in [0.05, 0.1) is 22.8 Å². The third kappa shape index (κ3) is 8.92. The first-order valence-electron chi connectivity index (χ1n) is 7.50. The monoisotopic (exact) mass is 392 g/mol. The summed E-state index contributed by atoms with van der Waals surface area (Å²) in [5.41, 5.74) is 0. The molecule has 7 atom stereocenters. The largest absolute Gasteiger partial charge is 0.748 e. The Hall–Kier alpha value is 0.0200. The molecule has 0 spiro atoms. The quantitative estimate of drug-likeness (QED) is 0.192. The van der Waals surface area contributed by atoms with Crippen LogP contribution in [0.2, 0.25) is 0 Å². The Morgan fingerprint density at radius 2 is 1.71 bits per heavy atom. The minimum absolute atomic E-state index is 0.168. The molecule has 6 N–H and O–H groups in total. The van der Waals surface area contributed by atoms with Crippen molar-refractivity contribution in [2.24, 2.45) is 0 Å². The lowest BCUT2D eigenvalue weighted by Crippen LogP contribution is -2.44. The van der Waals surface area contributed by atoms with Crippen LogP contribution in [0.15, 0.2) is 0 Å². The molecule has 1 fully saturated rings. The number of aliphatic hydroxyl groups is 6. The van der Waals surface area contributed by atoms with Gasteiger partial charge in [0, 0.05) is 17.2 Å². The van der Waals surface area contributed by atoms with Crippen LogP contribution in [-0.4, -0.2) is 104 Å². The van der Waals surface area contributed by atoms with Gasteiger partial charge >= 0.3 is 0 Å². The molecule has 0 saturated carbocycles. The van der Waals surface area contributed by atoms with E-state index in [0.29, 0.717) is 24.9 Å². The second-order valence-electron chi connectivity index (χ2n) is 5.77. The van der Waals surface area contributed by atoms with Crippen LogP contribution in [0.25, 0.3) is 0 Å². The highest BCUT2D eigenvalue weighted by Crippen LogP contribution is 2.25. The van der Waals surface area contributed by atoms with Gasteiger partial charge in [0.1, 0.15) is 35.9 Å². The molecule has 0 aliphatic carbocycles. The Kier molecular flexibility index (Phi) is 10.9. The van der Waals surface area contributed by atoms with E-state index in [-0.39, 0.29) is 12.4 Å². The summed E-state index contributed by atoms with van der Waals surface area (Å²) in [6, 6.07) is 0. The SMILES string of the molecule is CCC[C@@H](O)[C@H](O)[C@H](O)C[S+]1C[C@@H](O)[C@H](O)[C@H]1CO.CS(=O)(=O)[O-]. The molecule has 24 heavy (non-hydrogen) atoms. The summed E-state index contributed by atoms with van der Waals surface area (Å²) in [7, 11) is -4.48. The normalized spacial score (nSPS) is 31.0. The summed E-state index contributed by atoms with van der Waals surface area (Å²) in [5, 5.41) is 57.3. The minimum atomic E-state index is -3.92. The highest BCUT2D eigenvalue weighted by molar-refractivity contribution is 7.97. The lowest BCUT2D eigenvalue weighted by molar-refractivity contribution is -0.0529. The van der Waals surface area contributed by atoms with Crippen LogP contribution in [0.5, 0.6) is 0 Å². The van der Waals surface area contributed by atoms with Crippen molar-refractivity contribution in [3.63, 3.8) is 0 Å². The molecule has 1 aliphatic rings. The summed E-state index contributed by atoms with van der Waals surface area (Å²) < 4.78 is 27.2. The van der Waals surface area contributed by atoms with E-state index in [2.05, 4.69) is 0 Å². The molecule has 0 aromatic carbocycles. The average Bonchev–Trinajstić information content (AvgIpc) is 2.70. The van der Waals surface area contributed by atoms with Gasteiger partial charge in [-0.3, -0.25) is 0 Å². The van der Waals surface area contributed by atoms with Gasteiger partial charge in [0.15, 0.2) is 5.25 Å². The Bertz CT molecular complexity index is 437. The molecule has 0 bridgehead atoms. The summed E-state index contributed by atoms with van der Waals surface area (Å²) in [6.45, 7) is 1.61. The van der Waals surface area contributed by atoms with Gasteiger partial charge in [-0.05, 0) is 6.42 Å². The summed E-state index contributed by atoms with van der Waals surface area (Å²) in [6.07, 6.45) is -3.50. The molecule has 1 saturated heterocycles. The van der Waals surface area contributed by atoms with Gasteiger partial charge in [-0.1, -0.05) is 13.3 Å². The molecule has 9 nitrogen and oxygen atoms in total. The number of aliphatic hydroxyl groups excluding tert-OH is 6. The molecule has 0 amide bonds. The van der Waals surface area contributed by atoms with Crippen LogP contribution in [0.3, 0.4) is 0 Å². The van der Waals surface area contributed by atoms with Crippen molar-refractivity contribution in [2.45, 2.75) is 55.5 Å². The Labute approximate surface area is 145 Å². The van der Waals surface area contributed by atoms with Crippen LogP contribution in [0.4, 0.5) is 0 Å². The van der Waals surface area contributed by atoms with Gasteiger partial charge in [-0.25, -0.2) is 8.42 Å². The van der Waals surface area contributed by atoms with E-state index in [4.69, 9.17) is 13.0 Å². The van der Waals surface area contributed by atoms with Crippen molar-refractivity contribution in [2.75, 3.05) is 24.4 Å². The summed E-state index contributed by atoms with van der Waals surface area (Å²) in [5.74, 6) is 0.474. The van der Waals surface area contributed by atoms with Gasteiger partial charge in [-0.15, -0.1) is 0 Å². The average molecular weight is 392 g/mol. The first kappa shape index (κ1) is 24.0. The fraction of sp³-hybridized carbons (Fsp3) is 1.00. The molecule has 146 valence electrons. The number of hydrogen-bond acceptors (Lipinski definition) is 9. The highest BCUT2D eigenvalue weighted by Gasteiger charge is 2.50. The molecular weight excluding hydrogens is 364 g/mol. The second-order valence-corrected chi connectivity index (χ2v) is 9.52. The molecule has 1 rings (SSSR count). The maximum Gasteiger partial charge on any atom is 0.169 e. The summed E-state index contributed by atoms with van der Waals surface area (Å²) >= 11 is 0. The Morgan fingerprint density at radius 3 is 2.12 bits per heavy atom. The molecule has 1 aliphatic heterocycles. The van der Waals surface area contributed by atoms with Crippen molar-refractivity contribution < 1.29 is 43.6 Å². The van der Waals surface area contributed by atoms with Crippen molar-refractivity contribution in [1.29, 1.82) is 0 Å². The molecule has 0 aromatic rings. The van der Waals surface area contributed by atoms with Crippen LogP contribution in [0, 0.1) is 0 Å². The van der Waals surface area contributed by atoms with E-state index in [1.165, 1.54) is 0 Å². The molecular formula is C13H28O9S2. The molecule has 1 heterocycles. The van der Waals surface area contributed by atoms with Crippen LogP contribution in [-0.2, 0) is 21.0 Å². The van der Waals surface area contributed by atoms with Crippen molar-refractivity contribution in [3.05, 3.63) is 0 Å². The summed E-state index contributed by atoms with van der Waals surface area (Å²) in [4.78, 5) is 0. The zero-order chi connectivity index (χ0) is 19.1. The van der Waals surface area contributed by atoms with Gasteiger partial charge in [-0.2, -0.15) is 0 Å². The van der Waals surface area contributed by atoms with Crippen molar-refractivity contribution >= 4 is 21.0 Å². The lowest BCUT2D eigenvalue weighted by Gasteiger charge is -2.22. The standard InChI is InChI=1S/C12H25O6S.CH4O3S/c1-2-3-7(14)11(17)8(15)5-19-6-9(16)12(18)10(19)4-13;1-5(2,3)4/h7-18H,2-6H2,1H3;1H3,(H,2,3,4)/q+1;/p-1/t7-,8-,9-,10-,11+,12+,19?;/m1./s1. The fourth-order valence-electron chi connectivity index (χ4n) is 2.33. The maximum absolute atomic E-state index is 9.91. The molecule has 11 heteroatoms. The third-order valence-electron chi connectivity index (χ3n) is 3.53. The zero-order valence-corrected chi connectivity index (χ0v) is 15.4. The number of rotatable bonds is 7. The van der Waals surface area contributed by atoms with Crippen molar-refractivity contribution in [3.8, 4) is 0 Å². The van der Waals surface area contributed by atoms with Gasteiger partial charge in [0.25, 0.3) is 0 Å². The van der Waals surface area contributed by atoms with Crippen LogP contribution < -0.4 is 0 Å². The highest BCUT2D eigenvalue weighted by atomic mass is 32.2. The molecule has 1 unspecified atom stereocenters. The van der Waals surface area contributed by atoms with Gasteiger partial charge in [0.2, 0.25) is 0 Å². The first-order valence-corrected chi connectivity index (χ1v) is 10.9. The predicted molar refractivity (Wildman–Crippen MR) is 88.5 cm³/mol. The van der Waals surface area contributed by atoms with E-state index in [0.717, 1.165) is 0 Å². The smallest absolute Gasteiger partial charge is 0.169 e. The zero-order valence-electron chi connectivity index (χ0n) is 13.7. The fourth-order valence-corrected chi connectivity index (χ4v) is 5.02. The topological polar surface area (TPSA) is 179 Å². The van der Waals surface area contributed by atoms with E-state index >= 15 is 0 Å². The third-order valence-corrected chi connectivity index (χ3v) is 6.35. The van der Waals surface area contributed by atoms with E-state index in [9.17, 15) is 30.6 Å². The van der Waals surface area contributed by atoms with Crippen molar-refractivity contribution in [1.82, 2.24) is 0 Å². The van der Waals surface area contributed by atoms with Gasteiger partial charge < -0.3 is 35.2 Å². The number of hydrogen-bond donors (Lipinski definition) is 6. The van der Waals surface area contributed by atoms with Crippen LogP contribution in [0.1, 0.15) is 19.8 Å². The molecule has 0 radical (unpaired) electrons. The van der Waals surface area contributed by atoms with Crippen LogP contribution >= 0.6 is 0 Å². The van der Waals surface area contributed by atoms with E-state index in [1.54, 1.807) is 0 Å². The first-order chi connectivity index (χ1) is 10.9. The second kappa shape index (κ2) is 10.9. The minimum Gasteiger partial charge on any atom is -0.748 e. The lowest BCUT2D eigenvalue weighted by atomic mass is 10.1. The Balaban J connectivity index is 0.000000922. The Morgan fingerprint density at radius 1 is 1.21 bits per heavy atom. The predicted octanol–water partition coefficient (Wildman–Crippen LogP) is -3.25. The van der Waals surface area contributed by atoms with E-state index in [1.807, 2.05) is 6.92 Å².